The summed E-state index contributed by atoms with van der Waals surface area (Å²) in [6.07, 6.45) is 2.85. The van der Waals surface area contributed by atoms with E-state index in [9.17, 15) is 13.2 Å². The fourth-order valence-electron chi connectivity index (χ4n) is 0.635. The first kappa shape index (κ1) is 9.08. The Bertz CT molecular complexity index is 369. The molecule has 66 valence electrons. The van der Waals surface area contributed by atoms with Gasteiger partial charge in [-0.2, -0.15) is 8.42 Å². The van der Waals surface area contributed by atoms with Crippen molar-refractivity contribution in [3.05, 3.63) is 24.0 Å². The Kier molecular flexibility index (Phi) is 2.39. The third-order valence-corrected chi connectivity index (χ3v) is 1.74. The number of halogens is 1. The minimum Gasteiger partial charge on any atom is -0.367 e. The summed E-state index contributed by atoms with van der Waals surface area (Å²) in [6, 6.07) is 1.43. The molecule has 0 saturated carbocycles. The standard InChI is InChI=1S/C5H5ClN2O3S/c6-12(10,11)8-5(9)4-1-2-7-3-4/h1-3,7H,(H,8,9). The first-order valence-corrected chi connectivity index (χ1v) is 5.19. The van der Waals surface area contributed by atoms with Gasteiger partial charge in [0.2, 0.25) is 0 Å². The average molecular weight is 209 g/mol. The number of aromatic amines is 1. The maximum Gasteiger partial charge on any atom is 0.321 e. The van der Waals surface area contributed by atoms with Crippen LogP contribution < -0.4 is 4.72 Å². The number of H-pyrrole nitrogens is 1. The number of hydrogen-bond donors (Lipinski definition) is 2. The fraction of sp³-hybridized carbons (Fsp3) is 0. The Morgan fingerprint density at radius 1 is 1.58 bits per heavy atom. The zero-order valence-corrected chi connectivity index (χ0v) is 7.32. The molecule has 0 aliphatic carbocycles. The number of aromatic nitrogens is 1. The summed E-state index contributed by atoms with van der Waals surface area (Å²) in [7, 11) is 0.784. The van der Waals surface area contributed by atoms with Gasteiger partial charge in [-0.3, -0.25) is 4.79 Å². The van der Waals surface area contributed by atoms with Gasteiger partial charge in [0.1, 0.15) is 0 Å². The molecule has 0 spiro atoms. The van der Waals surface area contributed by atoms with Crippen molar-refractivity contribution in [1.82, 2.24) is 9.71 Å². The van der Waals surface area contributed by atoms with Crippen LogP contribution in [0.3, 0.4) is 0 Å². The summed E-state index contributed by atoms with van der Waals surface area (Å²) in [5, 5.41) is 0. The SMILES string of the molecule is O=C(NS(=O)(=O)Cl)c1cc[nH]c1. The van der Waals surface area contributed by atoms with E-state index < -0.39 is 15.1 Å². The molecule has 0 fully saturated rings. The smallest absolute Gasteiger partial charge is 0.321 e. The molecule has 1 aromatic rings. The highest BCUT2D eigenvalue weighted by Crippen LogP contribution is 1.98. The number of amides is 1. The van der Waals surface area contributed by atoms with Gasteiger partial charge in [-0.1, -0.05) is 0 Å². The molecular formula is C5H5ClN2O3S. The molecule has 1 amide bonds. The van der Waals surface area contributed by atoms with Gasteiger partial charge in [0.05, 0.1) is 5.56 Å². The van der Waals surface area contributed by atoms with Crippen LogP contribution in [0.25, 0.3) is 0 Å². The van der Waals surface area contributed by atoms with Crippen LogP contribution in [0.4, 0.5) is 0 Å². The second-order valence-electron chi connectivity index (χ2n) is 1.97. The van der Waals surface area contributed by atoms with Crippen molar-refractivity contribution in [3.63, 3.8) is 0 Å². The van der Waals surface area contributed by atoms with Gasteiger partial charge >= 0.3 is 9.24 Å². The lowest BCUT2D eigenvalue weighted by atomic mass is 10.3. The van der Waals surface area contributed by atoms with E-state index >= 15 is 0 Å². The Morgan fingerprint density at radius 2 is 2.25 bits per heavy atom. The van der Waals surface area contributed by atoms with Crippen molar-refractivity contribution in [2.45, 2.75) is 0 Å². The largest absolute Gasteiger partial charge is 0.367 e. The predicted octanol–water partition coefficient (Wildman–Crippen LogP) is 0.228. The van der Waals surface area contributed by atoms with Crippen LogP contribution in [0.1, 0.15) is 10.4 Å². The molecule has 1 rings (SSSR count). The van der Waals surface area contributed by atoms with Crippen molar-refractivity contribution in [1.29, 1.82) is 0 Å². The van der Waals surface area contributed by atoms with Crippen LogP contribution in [-0.4, -0.2) is 19.3 Å². The van der Waals surface area contributed by atoms with E-state index in [1.54, 1.807) is 4.72 Å². The van der Waals surface area contributed by atoms with E-state index in [0.29, 0.717) is 0 Å². The Hall–Kier alpha value is -1.01. The Morgan fingerprint density at radius 3 is 2.67 bits per heavy atom. The summed E-state index contributed by atoms with van der Waals surface area (Å²) < 4.78 is 22.3. The molecular weight excluding hydrogens is 204 g/mol. The van der Waals surface area contributed by atoms with Gasteiger partial charge in [0, 0.05) is 23.1 Å². The second-order valence-corrected chi connectivity index (χ2v) is 4.27. The summed E-state index contributed by atoms with van der Waals surface area (Å²) in [4.78, 5) is 13.5. The molecule has 1 aromatic heterocycles. The Balaban J connectivity index is 2.76. The normalized spacial score (nSPS) is 11.1. The predicted molar refractivity (Wildman–Crippen MR) is 43.0 cm³/mol. The van der Waals surface area contributed by atoms with Crippen LogP contribution in [0, 0.1) is 0 Å². The van der Waals surface area contributed by atoms with Gasteiger partial charge in [0.15, 0.2) is 0 Å². The van der Waals surface area contributed by atoms with Gasteiger partial charge in [-0.15, -0.1) is 0 Å². The van der Waals surface area contributed by atoms with Gasteiger partial charge in [-0.05, 0) is 6.07 Å². The third kappa shape index (κ3) is 2.55. The van der Waals surface area contributed by atoms with E-state index in [0.717, 1.165) is 0 Å². The lowest BCUT2D eigenvalue weighted by Gasteiger charge is -1.96. The van der Waals surface area contributed by atoms with Crippen LogP contribution >= 0.6 is 10.7 Å². The molecule has 0 aliphatic heterocycles. The Labute approximate surface area is 73.3 Å². The van der Waals surface area contributed by atoms with E-state index in [2.05, 4.69) is 4.98 Å². The lowest BCUT2D eigenvalue weighted by molar-refractivity contribution is 0.0982. The van der Waals surface area contributed by atoms with Gasteiger partial charge in [-0.25, -0.2) is 4.72 Å². The topological polar surface area (TPSA) is 79.0 Å². The van der Waals surface area contributed by atoms with Crippen molar-refractivity contribution >= 4 is 25.8 Å². The number of nitrogens with one attached hydrogen (secondary N) is 2. The molecule has 0 bridgehead atoms. The molecule has 7 heteroatoms. The lowest BCUT2D eigenvalue weighted by Crippen LogP contribution is -2.25. The maximum atomic E-state index is 10.9. The molecule has 0 aliphatic rings. The molecule has 0 unspecified atom stereocenters. The summed E-state index contributed by atoms with van der Waals surface area (Å²) >= 11 is 0. The number of hydrogen-bond acceptors (Lipinski definition) is 3. The molecule has 0 radical (unpaired) electrons. The summed E-state index contributed by atoms with van der Waals surface area (Å²) in [5.74, 6) is -0.758. The van der Waals surface area contributed by atoms with Gasteiger partial charge < -0.3 is 4.98 Å². The monoisotopic (exact) mass is 208 g/mol. The van der Waals surface area contributed by atoms with Crippen LogP contribution in [-0.2, 0) is 9.24 Å². The quantitative estimate of drug-likeness (QED) is 0.683. The first-order valence-electron chi connectivity index (χ1n) is 2.88. The van der Waals surface area contributed by atoms with E-state index in [1.807, 2.05) is 0 Å². The van der Waals surface area contributed by atoms with Crippen molar-refractivity contribution in [2.75, 3.05) is 0 Å². The van der Waals surface area contributed by atoms with Crippen LogP contribution in [0.5, 0.6) is 0 Å². The molecule has 5 nitrogen and oxygen atoms in total. The minimum absolute atomic E-state index is 0.208. The first-order chi connectivity index (χ1) is 5.49. The van der Waals surface area contributed by atoms with Gasteiger partial charge in [0.25, 0.3) is 5.91 Å². The highest BCUT2D eigenvalue weighted by molar-refractivity contribution is 8.12. The highest BCUT2D eigenvalue weighted by Gasteiger charge is 2.12. The minimum atomic E-state index is -3.99. The summed E-state index contributed by atoms with van der Waals surface area (Å²) in [6.45, 7) is 0. The van der Waals surface area contributed by atoms with E-state index in [1.165, 1.54) is 18.5 Å². The van der Waals surface area contributed by atoms with Crippen molar-refractivity contribution in [3.8, 4) is 0 Å². The summed E-state index contributed by atoms with van der Waals surface area (Å²) in [5.41, 5.74) is 0.208. The molecule has 1 heterocycles. The zero-order valence-electron chi connectivity index (χ0n) is 5.74. The van der Waals surface area contributed by atoms with Crippen LogP contribution in [0.2, 0.25) is 0 Å². The van der Waals surface area contributed by atoms with E-state index in [-0.39, 0.29) is 5.56 Å². The average Bonchev–Trinajstić information content (AvgIpc) is 2.32. The molecule has 0 saturated heterocycles. The maximum absolute atomic E-state index is 10.9. The molecule has 12 heavy (non-hydrogen) atoms. The number of carbonyl (C=O) groups excluding carboxylic acids is 1. The number of rotatable bonds is 2. The molecule has 2 N–H and O–H groups in total. The zero-order chi connectivity index (χ0) is 9.19. The molecule has 0 aromatic carbocycles. The van der Waals surface area contributed by atoms with E-state index in [4.69, 9.17) is 10.7 Å². The van der Waals surface area contributed by atoms with Crippen LogP contribution in [0.15, 0.2) is 18.5 Å². The van der Waals surface area contributed by atoms with Crippen molar-refractivity contribution < 1.29 is 13.2 Å². The third-order valence-electron chi connectivity index (χ3n) is 1.07. The second kappa shape index (κ2) is 3.16. The molecule has 0 atom stereocenters. The highest BCUT2D eigenvalue weighted by atomic mass is 35.7. The fourth-order valence-corrected chi connectivity index (χ4v) is 1.18. The van der Waals surface area contributed by atoms with Crippen molar-refractivity contribution in [2.24, 2.45) is 0 Å². The number of carbonyl (C=O) groups is 1.